The zero-order chi connectivity index (χ0) is 53.8. The Bertz CT molecular complexity index is 3310. The van der Waals surface area contributed by atoms with Crippen molar-refractivity contribution in [3.8, 4) is 23.4 Å². The van der Waals surface area contributed by atoms with Crippen LogP contribution in [0.25, 0.3) is 11.6 Å². The molecule has 21 nitrogen and oxygen atoms in total. The predicted octanol–water partition coefficient (Wildman–Crippen LogP) is 5.62. The number of hydrogen-bond acceptors (Lipinski definition) is 14. The van der Waals surface area contributed by atoms with Gasteiger partial charge in [-0.25, -0.2) is 50.8 Å². The second kappa shape index (κ2) is 20.8. The molecule has 12 rings (SSSR count). The van der Waals surface area contributed by atoms with Crippen LogP contribution in [-0.4, -0.2) is 111 Å². The normalized spacial score (nSPS) is 18.4. The number of nitrogens with one attached hydrogen (secondary N) is 1. The van der Waals surface area contributed by atoms with Gasteiger partial charge in [0.1, 0.15) is 20.1 Å². The molecule has 0 aromatic carbocycles. The Hall–Kier alpha value is -4.03. The predicted molar refractivity (Wildman–Crippen MR) is 273 cm³/mol. The first-order valence-electron chi connectivity index (χ1n) is 23.7. The molecular weight excluding hydrogens is 1360 g/mol. The summed E-state index contributed by atoms with van der Waals surface area (Å²) in [4.78, 5) is 32.4. The summed E-state index contributed by atoms with van der Waals surface area (Å²) in [6, 6.07) is 9.51. The number of fused-ring (bicyclic) bond motifs is 2. The van der Waals surface area contributed by atoms with Gasteiger partial charge in [-0.2, -0.15) is 10.2 Å². The third-order valence-electron chi connectivity index (χ3n) is 14.9. The van der Waals surface area contributed by atoms with Crippen LogP contribution >= 0.6 is 45.8 Å². The number of aromatic nitrogens is 10. The number of nitrogens with two attached hydrogens (primary N) is 1. The zero-order valence-electron chi connectivity index (χ0n) is 42.0. The van der Waals surface area contributed by atoms with E-state index in [9.17, 15) is 26.4 Å². The number of amides is 1. The molecular formula is C45H52BCl2IN12O9S2U. The van der Waals surface area contributed by atoms with E-state index in [-0.39, 0.29) is 68.0 Å². The third-order valence-corrected chi connectivity index (χ3v) is 18.0. The van der Waals surface area contributed by atoms with Gasteiger partial charge in [0, 0.05) is 104 Å². The van der Waals surface area contributed by atoms with E-state index in [1.165, 1.54) is 89.9 Å². The average molecular weight is 1420 g/mol. The number of primary sulfonamides is 1. The molecule has 73 heavy (non-hydrogen) atoms. The van der Waals surface area contributed by atoms with Gasteiger partial charge in [-0.3, -0.25) is 14.2 Å². The molecule has 2 radical (unpaired) electrons. The molecule has 0 unspecified atom stereocenters. The largest absolute Gasteiger partial charge is 0.478 e. The van der Waals surface area contributed by atoms with Crippen LogP contribution in [0.2, 0.25) is 10.3 Å². The summed E-state index contributed by atoms with van der Waals surface area (Å²) in [5.41, 5.74) is 3.00. The Kier molecular flexibility index (Phi) is 15.3. The summed E-state index contributed by atoms with van der Waals surface area (Å²) < 4.78 is 77.9. The summed E-state index contributed by atoms with van der Waals surface area (Å²) in [6.45, 7) is 4.57. The maximum Gasteiger partial charge on any atom is 0.338 e. The molecule has 386 valence electrons. The van der Waals surface area contributed by atoms with Crippen LogP contribution in [0, 0.1) is 78.5 Å². The molecule has 4 spiro atoms. The van der Waals surface area contributed by atoms with Crippen LogP contribution in [0.3, 0.4) is 0 Å². The summed E-state index contributed by atoms with van der Waals surface area (Å²) >= 11 is 14.1. The minimum atomic E-state index is -4.11. The number of aromatic carboxylic acids is 1. The molecule has 0 bridgehead atoms. The van der Waals surface area contributed by atoms with Gasteiger partial charge in [0.15, 0.2) is 11.6 Å². The summed E-state index contributed by atoms with van der Waals surface area (Å²) in [5, 5.41) is 30.3. The van der Waals surface area contributed by atoms with Gasteiger partial charge in [0.25, 0.3) is 15.9 Å². The quantitative estimate of drug-likeness (QED) is 0.0548. The average Bonchev–Trinajstić information content (AvgIpc) is 4.16. The van der Waals surface area contributed by atoms with Crippen LogP contribution in [0.15, 0.2) is 71.0 Å². The second-order valence-corrected chi connectivity index (χ2v) is 22.8. The molecule has 0 saturated heterocycles. The molecule has 6 aromatic rings. The summed E-state index contributed by atoms with van der Waals surface area (Å²) in [6.07, 6.45) is 17.0. The van der Waals surface area contributed by atoms with E-state index in [0.29, 0.717) is 74.1 Å². The van der Waals surface area contributed by atoms with Crippen molar-refractivity contribution in [2.75, 3.05) is 18.1 Å². The monoisotopic (exact) mass is 1420 g/mol. The van der Waals surface area contributed by atoms with Crippen molar-refractivity contribution >= 4 is 86.1 Å². The minimum absolute atomic E-state index is 0. The number of carboxylic acids is 1. The van der Waals surface area contributed by atoms with Gasteiger partial charge in [-0.15, -0.1) is 10.2 Å². The number of carbonyl (C=O) groups is 2. The van der Waals surface area contributed by atoms with Crippen LogP contribution in [0.4, 0.5) is 0 Å². The molecule has 4 N–H and O–H groups in total. The maximum absolute atomic E-state index is 12.6. The van der Waals surface area contributed by atoms with Crippen molar-refractivity contribution < 1.29 is 73.5 Å². The number of carboxylic acid groups (broad SMARTS) is 1. The molecule has 6 heterocycles. The van der Waals surface area contributed by atoms with Crippen molar-refractivity contribution in [3.63, 3.8) is 0 Å². The fourth-order valence-corrected chi connectivity index (χ4v) is 13.4. The molecule has 6 saturated carbocycles. The SMILES string of the molecule is Cc1nn(C)cc1S(=O)(=O)NC(=O)c1ccc(-n2ccc(OCC3C4(CC4)C34CC4)n2)nc1Cl.Cc1nn(C)cc1S(N)(=O)=O.O=C(O)c1ccc(-n2ccc(OCC3C4(CC4)C34CC4)n2)nc1Cl.[2H]CI.[2H][B].[U]. The number of alkyl halides is 1. The van der Waals surface area contributed by atoms with E-state index >= 15 is 0 Å². The number of halogens is 3. The van der Waals surface area contributed by atoms with Gasteiger partial charge in [-0.1, -0.05) is 45.8 Å². The van der Waals surface area contributed by atoms with Crippen LogP contribution in [-0.2, 0) is 34.1 Å². The van der Waals surface area contributed by atoms with Crippen LogP contribution in [0.1, 0.15) is 84.8 Å². The van der Waals surface area contributed by atoms with Crippen molar-refractivity contribution in [3.05, 3.63) is 94.0 Å². The Morgan fingerprint density at radius 3 is 1.45 bits per heavy atom. The number of nitrogens with zero attached hydrogens (tertiary/aromatic N) is 10. The van der Waals surface area contributed by atoms with Gasteiger partial charge < -0.3 is 14.6 Å². The molecule has 1 amide bonds. The van der Waals surface area contributed by atoms with Gasteiger partial charge >= 0.3 is 5.97 Å². The molecule has 28 heteroatoms. The first kappa shape index (κ1) is 53.8. The topological polar surface area (TPSA) is 276 Å². The minimum Gasteiger partial charge on any atom is -0.478 e. The first-order valence-corrected chi connectivity index (χ1v) is 27.7. The Morgan fingerprint density at radius 2 is 1.14 bits per heavy atom. The first-order chi connectivity index (χ1) is 35.0. The van der Waals surface area contributed by atoms with E-state index in [1.807, 2.05) is 27.3 Å². The van der Waals surface area contributed by atoms with E-state index in [4.69, 9.17) is 45.6 Å². The molecule has 6 aliphatic carbocycles. The molecule has 0 aliphatic heterocycles. The summed E-state index contributed by atoms with van der Waals surface area (Å²) in [5.74, 6) is 1.29. The molecule has 6 aromatic heterocycles. The smallest absolute Gasteiger partial charge is 0.338 e. The van der Waals surface area contributed by atoms with E-state index in [2.05, 4.69) is 38.7 Å². The fourth-order valence-electron chi connectivity index (χ4n) is 11.0. The number of pyridine rings is 2. The number of carbonyl (C=O) groups excluding carboxylic acids is 1. The number of rotatable bonds is 13. The maximum atomic E-state index is 12.6. The Morgan fingerprint density at radius 1 is 0.753 bits per heavy atom. The number of hydrogen-bond donors (Lipinski definition) is 3. The fraction of sp³-hybridized carbons (Fsp3) is 0.467. The van der Waals surface area contributed by atoms with E-state index < -0.39 is 31.9 Å². The third kappa shape index (κ3) is 10.9. The molecule has 6 fully saturated rings. The van der Waals surface area contributed by atoms with Crippen molar-refractivity contribution in [2.45, 2.75) is 75.0 Å². The van der Waals surface area contributed by atoms with Crippen LogP contribution < -0.4 is 19.3 Å². The number of sulfonamides is 2. The van der Waals surface area contributed by atoms with E-state index in [1.54, 1.807) is 69.3 Å². The van der Waals surface area contributed by atoms with Crippen molar-refractivity contribution in [1.82, 2.24) is 53.8 Å². The van der Waals surface area contributed by atoms with Gasteiger partial charge in [0.05, 0.1) is 35.7 Å². The van der Waals surface area contributed by atoms with E-state index in [0.717, 1.165) is 6.61 Å². The van der Waals surface area contributed by atoms with Crippen molar-refractivity contribution in [2.24, 2.45) is 52.7 Å². The van der Waals surface area contributed by atoms with Crippen molar-refractivity contribution in [1.29, 1.82) is 1.34 Å². The standard InChI is InChI=1S/C22H23ClN6O4S.C17H16ClN3O3.C5H9N3O2S.CH3I.BH.U/c1-13-15(11-28(2)25-13)34(31,32)27-20(30)14-3-4-17(24-19(14)23)29-10-5-18(26-29)33-12-16-21(6-7-21)22(16)8-9-22;18-14-10(15(22)23)1-2-12(19-14)21-8-3-13(20-21)24-9-11-16(4-5-16)17(11)6-7-17;1-4-5(11(6,9)10)3-8(2)7-4;1-2;;/h3-5,10-11,16H,6-9,12H2,1-2H3,(H,27,30);1-3,8,11H,4-7,9H2,(H,22,23);3H,1-2H3,(H2,6,9,10);1H3;1H;/i;;;2*1D;. The van der Waals surface area contributed by atoms with Crippen LogP contribution in [0.5, 0.6) is 11.8 Å². The molecule has 0 atom stereocenters. The summed E-state index contributed by atoms with van der Waals surface area (Å²) in [7, 11) is -0.723. The van der Waals surface area contributed by atoms with Gasteiger partial charge in [0.2, 0.25) is 21.8 Å². The number of aryl methyl sites for hydroxylation is 4. The van der Waals surface area contributed by atoms with Gasteiger partial charge in [-0.05, 0) is 117 Å². The number of ether oxygens (including phenoxy) is 2. The second-order valence-electron chi connectivity index (χ2n) is 18.9. The zero-order valence-corrected chi connectivity index (χ0v) is 49.5. The molecule has 6 aliphatic rings. The Labute approximate surface area is 474 Å². The Balaban J connectivity index is 0.000000174.